The number of carbonyl (C=O) groups excluding carboxylic acids is 2. The smallest absolute Gasteiger partial charge is 0.295 e. The Hall–Kier alpha value is -3.90. The van der Waals surface area contributed by atoms with Gasteiger partial charge in [0.05, 0.1) is 11.6 Å². The molecule has 0 bridgehead atoms. The number of aliphatic hydroxyl groups is 1. The molecule has 3 aromatic carbocycles. The molecule has 1 fully saturated rings. The number of benzene rings is 3. The van der Waals surface area contributed by atoms with E-state index in [4.69, 9.17) is 4.74 Å². The zero-order valence-electron chi connectivity index (χ0n) is 22.6. The SMILES string of the molecule is CCN(CC)CCCN1C(=O)C(=O)C(=C(O)c2cc(C)ccc2C)C1c1cccc(Oc2ccccc2)c1. The van der Waals surface area contributed by atoms with Crippen LogP contribution in [0.5, 0.6) is 11.5 Å². The molecule has 0 aliphatic carbocycles. The number of amides is 1. The summed E-state index contributed by atoms with van der Waals surface area (Å²) in [5, 5.41) is 11.5. The van der Waals surface area contributed by atoms with Crippen LogP contribution in [0.3, 0.4) is 0 Å². The summed E-state index contributed by atoms with van der Waals surface area (Å²) in [6.07, 6.45) is 0.717. The van der Waals surface area contributed by atoms with Crippen LogP contribution >= 0.6 is 0 Å². The van der Waals surface area contributed by atoms with Crippen LogP contribution < -0.4 is 4.74 Å². The Morgan fingerprint density at radius 1 is 0.921 bits per heavy atom. The number of hydrogen-bond acceptors (Lipinski definition) is 5. The molecule has 1 N–H and O–H groups in total. The third-order valence-corrected chi connectivity index (χ3v) is 7.11. The van der Waals surface area contributed by atoms with Crippen molar-refractivity contribution in [2.45, 2.75) is 40.2 Å². The van der Waals surface area contributed by atoms with E-state index in [2.05, 4.69) is 18.7 Å². The summed E-state index contributed by atoms with van der Waals surface area (Å²) in [6, 6.07) is 21.9. The zero-order chi connectivity index (χ0) is 27.2. The molecule has 6 nitrogen and oxygen atoms in total. The molecule has 1 aliphatic heterocycles. The Labute approximate surface area is 225 Å². The standard InChI is InChI=1S/C32H36N2O4/c1-5-33(6-2)18-11-19-34-29(24-12-10-15-26(21-24)38-25-13-8-7-9-14-25)28(31(36)32(34)37)30(35)27-20-22(3)16-17-23(27)4/h7-10,12-17,20-21,29,35H,5-6,11,18-19H2,1-4H3. The summed E-state index contributed by atoms with van der Waals surface area (Å²) in [6.45, 7) is 11.1. The van der Waals surface area contributed by atoms with Gasteiger partial charge in [-0.15, -0.1) is 0 Å². The number of carbonyl (C=O) groups is 2. The fraction of sp³-hybridized carbons (Fsp3) is 0.312. The number of Topliss-reactive ketones (excluding diaryl/α,β-unsaturated/α-hetero) is 1. The number of nitrogens with zero attached hydrogens (tertiary/aromatic N) is 2. The van der Waals surface area contributed by atoms with Crippen molar-refractivity contribution < 1.29 is 19.4 Å². The van der Waals surface area contributed by atoms with Crippen LogP contribution in [0.4, 0.5) is 0 Å². The van der Waals surface area contributed by atoms with Crippen LogP contribution in [0.2, 0.25) is 0 Å². The molecule has 6 heteroatoms. The van der Waals surface area contributed by atoms with E-state index in [0.717, 1.165) is 37.2 Å². The number of hydrogen-bond donors (Lipinski definition) is 1. The second-order valence-electron chi connectivity index (χ2n) is 9.68. The molecular weight excluding hydrogens is 476 g/mol. The van der Waals surface area contributed by atoms with Gasteiger partial charge in [0.2, 0.25) is 0 Å². The molecule has 0 saturated carbocycles. The van der Waals surface area contributed by atoms with Crippen molar-refractivity contribution in [1.29, 1.82) is 0 Å². The Balaban J connectivity index is 1.77. The van der Waals surface area contributed by atoms with E-state index in [-0.39, 0.29) is 11.3 Å². The van der Waals surface area contributed by atoms with Crippen LogP contribution in [0, 0.1) is 13.8 Å². The third kappa shape index (κ3) is 5.81. The summed E-state index contributed by atoms with van der Waals surface area (Å²) in [7, 11) is 0. The molecule has 1 heterocycles. The molecule has 38 heavy (non-hydrogen) atoms. The molecule has 0 aromatic heterocycles. The predicted octanol–water partition coefficient (Wildman–Crippen LogP) is 6.25. The van der Waals surface area contributed by atoms with Gasteiger partial charge in [0.25, 0.3) is 11.7 Å². The Morgan fingerprint density at radius 3 is 2.34 bits per heavy atom. The van der Waals surface area contributed by atoms with Gasteiger partial charge in [0.1, 0.15) is 17.3 Å². The summed E-state index contributed by atoms with van der Waals surface area (Å²) in [5.74, 6) is -0.112. The summed E-state index contributed by atoms with van der Waals surface area (Å²) >= 11 is 0. The van der Waals surface area contributed by atoms with Crippen LogP contribution in [0.1, 0.15) is 48.6 Å². The van der Waals surface area contributed by atoms with E-state index in [9.17, 15) is 14.7 Å². The van der Waals surface area contributed by atoms with Gasteiger partial charge in [0, 0.05) is 12.1 Å². The largest absolute Gasteiger partial charge is 0.507 e. The lowest BCUT2D eigenvalue weighted by Crippen LogP contribution is -2.33. The molecule has 0 spiro atoms. The van der Waals surface area contributed by atoms with E-state index in [1.807, 2.05) is 86.6 Å². The monoisotopic (exact) mass is 512 g/mol. The molecule has 1 saturated heterocycles. The summed E-state index contributed by atoms with van der Waals surface area (Å²) in [4.78, 5) is 30.7. The van der Waals surface area contributed by atoms with Crippen molar-refractivity contribution in [2.75, 3.05) is 26.2 Å². The molecule has 1 unspecified atom stereocenters. The van der Waals surface area contributed by atoms with Gasteiger partial charge < -0.3 is 19.6 Å². The minimum absolute atomic E-state index is 0.114. The van der Waals surface area contributed by atoms with Crippen LogP contribution in [0.15, 0.2) is 78.4 Å². The minimum Gasteiger partial charge on any atom is -0.507 e. The van der Waals surface area contributed by atoms with Crippen LogP contribution in [-0.4, -0.2) is 52.8 Å². The molecular formula is C32H36N2O4. The lowest BCUT2D eigenvalue weighted by molar-refractivity contribution is -0.140. The molecule has 1 amide bonds. The van der Waals surface area contributed by atoms with Gasteiger partial charge in [0.15, 0.2) is 0 Å². The van der Waals surface area contributed by atoms with Gasteiger partial charge in [-0.25, -0.2) is 0 Å². The van der Waals surface area contributed by atoms with Crippen molar-refractivity contribution in [2.24, 2.45) is 0 Å². The number of aliphatic hydroxyl groups excluding tert-OH is 1. The highest BCUT2D eigenvalue weighted by molar-refractivity contribution is 6.46. The van der Waals surface area contributed by atoms with E-state index in [1.54, 1.807) is 4.90 Å². The number of likely N-dealkylation sites (tertiary alicyclic amines) is 1. The number of para-hydroxylation sites is 1. The lowest BCUT2D eigenvalue weighted by Gasteiger charge is -2.27. The van der Waals surface area contributed by atoms with Crippen molar-refractivity contribution in [3.05, 3.63) is 101 Å². The van der Waals surface area contributed by atoms with E-state index in [1.165, 1.54) is 0 Å². The number of ketones is 1. The molecule has 4 rings (SSSR count). The Morgan fingerprint density at radius 2 is 1.63 bits per heavy atom. The van der Waals surface area contributed by atoms with Crippen molar-refractivity contribution >= 4 is 17.4 Å². The maximum Gasteiger partial charge on any atom is 0.295 e. The lowest BCUT2D eigenvalue weighted by atomic mass is 9.93. The first-order chi connectivity index (χ1) is 18.3. The number of ether oxygens (including phenoxy) is 1. The molecule has 3 aromatic rings. The van der Waals surface area contributed by atoms with Gasteiger partial charge in [-0.05, 0) is 81.4 Å². The maximum atomic E-state index is 13.4. The van der Waals surface area contributed by atoms with E-state index >= 15 is 0 Å². The zero-order valence-corrected chi connectivity index (χ0v) is 22.6. The van der Waals surface area contributed by atoms with Gasteiger partial charge in [-0.1, -0.05) is 61.9 Å². The summed E-state index contributed by atoms with van der Waals surface area (Å²) in [5.41, 5.74) is 3.18. The fourth-order valence-electron chi connectivity index (χ4n) is 4.97. The topological polar surface area (TPSA) is 70.1 Å². The van der Waals surface area contributed by atoms with Gasteiger partial charge in [-0.3, -0.25) is 9.59 Å². The highest BCUT2D eigenvalue weighted by atomic mass is 16.5. The average molecular weight is 513 g/mol. The maximum absolute atomic E-state index is 13.4. The van der Waals surface area contributed by atoms with E-state index in [0.29, 0.717) is 29.2 Å². The summed E-state index contributed by atoms with van der Waals surface area (Å²) < 4.78 is 6.05. The van der Waals surface area contributed by atoms with E-state index < -0.39 is 17.7 Å². The minimum atomic E-state index is -0.717. The van der Waals surface area contributed by atoms with Gasteiger partial charge in [-0.2, -0.15) is 0 Å². The molecule has 0 radical (unpaired) electrons. The first-order valence-corrected chi connectivity index (χ1v) is 13.2. The number of rotatable bonds is 10. The quantitative estimate of drug-likeness (QED) is 0.198. The predicted molar refractivity (Wildman–Crippen MR) is 150 cm³/mol. The Bertz CT molecular complexity index is 1330. The third-order valence-electron chi connectivity index (χ3n) is 7.11. The second kappa shape index (κ2) is 12.1. The molecule has 1 aliphatic rings. The highest BCUT2D eigenvalue weighted by Gasteiger charge is 2.46. The van der Waals surface area contributed by atoms with Crippen LogP contribution in [-0.2, 0) is 9.59 Å². The molecule has 1 atom stereocenters. The molecule has 198 valence electrons. The highest BCUT2D eigenvalue weighted by Crippen LogP contribution is 2.41. The first kappa shape index (κ1) is 27.1. The van der Waals surface area contributed by atoms with Crippen LogP contribution in [0.25, 0.3) is 5.76 Å². The first-order valence-electron chi connectivity index (χ1n) is 13.2. The van der Waals surface area contributed by atoms with Crippen molar-refractivity contribution in [3.63, 3.8) is 0 Å². The van der Waals surface area contributed by atoms with Gasteiger partial charge >= 0.3 is 0 Å². The van der Waals surface area contributed by atoms with Crippen molar-refractivity contribution in [3.8, 4) is 11.5 Å². The van der Waals surface area contributed by atoms with Crippen molar-refractivity contribution in [1.82, 2.24) is 9.80 Å². The number of aryl methyl sites for hydroxylation is 2. The average Bonchev–Trinajstić information content (AvgIpc) is 3.18. The fourth-order valence-corrected chi connectivity index (χ4v) is 4.97. The Kier molecular flexibility index (Phi) is 8.64. The second-order valence-corrected chi connectivity index (χ2v) is 9.68. The normalized spacial score (nSPS) is 16.9.